The van der Waals surface area contributed by atoms with Crippen LogP contribution in [0, 0.1) is 5.41 Å². The highest BCUT2D eigenvalue weighted by atomic mass is 15.0. The van der Waals surface area contributed by atoms with Crippen LogP contribution in [0.5, 0.6) is 0 Å². The molecule has 0 saturated heterocycles. The third kappa shape index (κ3) is 3.25. The van der Waals surface area contributed by atoms with Crippen LogP contribution in [0.15, 0.2) is 5.82 Å². The molecule has 0 bridgehead atoms. The first-order valence-corrected chi connectivity index (χ1v) is 2.60. The maximum absolute atomic E-state index is 6.51. The lowest BCUT2D eigenvalue weighted by atomic mass is 10.5. The van der Waals surface area contributed by atoms with E-state index < -0.39 is 0 Å². The monoisotopic (exact) mass is 113 g/mol. The lowest BCUT2D eigenvalue weighted by Crippen LogP contribution is -2.20. The Bertz CT molecular complexity index is 102. The molecule has 4 N–H and O–H groups in total. The van der Waals surface area contributed by atoms with E-state index in [9.17, 15) is 0 Å². The van der Waals surface area contributed by atoms with Crippen LogP contribution in [0.2, 0.25) is 0 Å². The van der Waals surface area contributed by atoms with Crippen molar-refractivity contribution in [2.75, 3.05) is 6.54 Å². The van der Waals surface area contributed by atoms with E-state index in [1.807, 2.05) is 12.8 Å². The van der Waals surface area contributed by atoms with Gasteiger partial charge < -0.3 is 11.1 Å². The molecule has 0 heterocycles. The smallest absolute Gasteiger partial charge is 0.160 e. The van der Waals surface area contributed by atoms with Gasteiger partial charge in [-0.3, -0.25) is 5.41 Å². The molecule has 3 nitrogen and oxygen atoms in total. The summed E-state index contributed by atoms with van der Waals surface area (Å²) in [7, 11) is 0. The first kappa shape index (κ1) is 7.05. The number of hydrogen-bond donors (Lipinski definition) is 3. The highest BCUT2D eigenvalue weighted by Crippen LogP contribution is 1.70. The summed E-state index contributed by atoms with van der Waals surface area (Å²) in [6, 6.07) is 0. The molecule has 0 spiro atoms. The van der Waals surface area contributed by atoms with E-state index in [1.165, 1.54) is 0 Å². The molecule has 0 saturated carbocycles. The first-order chi connectivity index (χ1) is 3.81. The van der Waals surface area contributed by atoms with Crippen molar-refractivity contribution in [3.8, 4) is 0 Å². The Balaban J connectivity index is 3.26. The zero-order valence-electron chi connectivity index (χ0n) is 4.99. The van der Waals surface area contributed by atoms with Crippen LogP contribution < -0.4 is 11.1 Å². The predicted molar refractivity (Wildman–Crippen MR) is 33.7 cm³/mol. The Morgan fingerprint density at radius 2 is 2.50 bits per heavy atom. The summed E-state index contributed by atoms with van der Waals surface area (Å²) in [5.41, 5.74) is 5.17. The van der Waals surface area contributed by atoms with Gasteiger partial charge >= 0.3 is 0 Å². The molecular formula is C5H11N3. The van der Waals surface area contributed by atoms with Gasteiger partial charge in [0, 0.05) is 12.4 Å². The Labute approximate surface area is 49.1 Å². The number of nitrogens with one attached hydrogen (secondary N) is 2. The molecule has 0 rings (SSSR count). The molecule has 8 heavy (non-hydrogen) atoms. The van der Waals surface area contributed by atoms with E-state index in [0.29, 0.717) is 5.82 Å². The summed E-state index contributed by atoms with van der Waals surface area (Å²) in [4.78, 5) is 0. The van der Waals surface area contributed by atoms with Crippen molar-refractivity contribution >= 4 is 5.87 Å². The highest BCUT2D eigenvalue weighted by molar-refractivity contribution is 5.51. The van der Waals surface area contributed by atoms with Gasteiger partial charge in [0.1, 0.15) is 0 Å². The van der Waals surface area contributed by atoms with Crippen LogP contribution in [-0.4, -0.2) is 12.4 Å². The van der Waals surface area contributed by atoms with Crippen LogP contribution in [0.3, 0.4) is 0 Å². The SMILES string of the molecule is CCCNC(N)=C=N. The van der Waals surface area contributed by atoms with Gasteiger partial charge in [0.15, 0.2) is 5.82 Å². The van der Waals surface area contributed by atoms with Crippen molar-refractivity contribution in [1.29, 1.82) is 5.41 Å². The molecule has 0 aromatic rings. The summed E-state index contributed by atoms with van der Waals surface area (Å²) < 4.78 is 0. The molecule has 0 unspecified atom stereocenters. The summed E-state index contributed by atoms with van der Waals surface area (Å²) in [6.07, 6.45) is 1.02. The fourth-order valence-electron chi connectivity index (χ4n) is 0.304. The van der Waals surface area contributed by atoms with Crippen LogP contribution in [-0.2, 0) is 0 Å². The van der Waals surface area contributed by atoms with Gasteiger partial charge in [-0.25, -0.2) is 0 Å². The van der Waals surface area contributed by atoms with Crippen LogP contribution in [0.4, 0.5) is 0 Å². The zero-order chi connectivity index (χ0) is 6.41. The Kier molecular flexibility index (Phi) is 3.71. The van der Waals surface area contributed by atoms with Crippen molar-refractivity contribution in [2.24, 2.45) is 5.73 Å². The van der Waals surface area contributed by atoms with E-state index in [2.05, 4.69) is 5.32 Å². The molecule has 0 aliphatic rings. The van der Waals surface area contributed by atoms with Crippen LogP contribution >= 0.6 is 0 Å². The molecule has 0 aromatic carbocycles. The molecule has 0 aliphatic carbocycles. The van der Waals surface area contributed by atoms with Crippen molar-refractivity contribution in [3.05, 3.63) is 5.82 Å². The molecule has 46 valence electrons. The number of nitrogens with two attached hydrogens (primary N) is 1. The van der Waals surface area contributed by atoms with Crippen molar-refractivity contribution < 1.29 is 0 Å². The van der Waals surface area contributed by atoms with E-state index >= 15 is 0 Å². The van der Waals surface area contributed by atoms with Crippen molar-refractivity contribution in [3.63, 3.8) is 0 Å². The van der Waals surface area contributed by atoms with Gasteiger partial charge in [-0.15, -0.1) is 0 Å². The average Bonchev–Trinajstić information content (AvgIpc) is 1.83. The van der Waals surface area contributed by atoms with Crippen LogP contribution in [0.25, 0.3) is 0 Å². The Morgan fingerprint density at radius 1 is 1.88 bits per heavy atom. The highest BCUT2D eigenvalue weighted by Gasteiger charge is 1.80. The predicted octanol–water partition coefficient (Wildman–Crippen LogP) is 0.0346. The van der Waals surface area contributed by atoms with Gasteiger partial charge in [0.25, 0.3) is 0 Å². The Hall–Kier alpha value is -0.950. The fourth-order valence-corrected chi connectivity index (χ4v) is 0.304. The van der Waals surface area contributed by atoms with E-state index in [4.69, 9.17) is 11.1 Å². The number of rotatable bonds is 3. The van der Waals surface area contributed by atoms with Crippen molar-refractivity contribution in [1.82, 2.24) is 5.32 Å². The first-order valence-electron chi connectivity index (χ1n) is 2.60. The molecule has 0 aliphatic heterocycles. The van der Waals surface area contributed by atoms with Gasteiger partial charge in [0.2, 0.25) is 0 Å². The molecule has 0 fully saturated rings. The minimum atomic E-state index is 0.312. The molecule has 0 radical (unpaired) electrons. The van der Waals surface area contributed by atoms with Gasteiger partial charge in [-0.1, -0.05) is 6.92 Å². The second kappa shape index (κ2) is 4.22. The second-order valence-electron chi connectivity index (χ2n) is 1.47. The molecule has 0 atom stereocenters. The van der Waals surface area contributed by atoms with E-state index in [1.54, 1.807) is 0 Å². The van der Waals surface area contributed by atoms with E-state index in [-0.39, 0.29) is 0 Å². The minimum absolute atomic E-state index is 0.312. The quantitative estimate of drug-likeness (QED) is 0.452. The minimum Gasteiger partial charge on any atom is -0.378 e. The summed E-state index contributed by atoms with van der Waals surface area (Å²) in [6.45, 7) is 2.85. The Morgan fingerprint density at radius 3 is 2.88 bits per heavy atom. The summed E-state index contributed by atoms with van der Waals surface area (Å²) >= 11 is 0. The largest absolute Gasteiger partial charge is 0.378 e. The second-order valence-corrected chi connectivity index (χ2v) is 1.47. The number of hydrogen-bond acceptors (Lipinski definition) is 3. The maximum atomic E-state index is 6.51. The lowest BCUT2D eigenvalue weighted by molar-refractivity contribution is 0.768. The van der Waals surface area contributed by atoms with E-state index in [0.717, 1.165) is 13.0 Å². The standard InChI is InChI=1S/C5H11N3/c1-2-3-8-5(7)4-6/h6,8H,2-3,7H2,1H3. The van der Waals surface area contributed by atoms with Crippen molar-refractivity contribution in [2.45, 2.75) is 13.3 Å². The van der Waals surface area contributed by atoms with Crippen LogP contribution in [0.1, 0.15) is 13.3 Å². The zero-order valence-corrected chi connectivity index (χ0v) is 4.99. The lowest BCUT2D eigenvalue weighted by Gasteiger charge is -1.97. The maximum Gasteiger partial charge on any atom is 0.160 e. The molecule has 0 aromatic heterocycles. The molecule has 0 amide bonds. The van der Waals surface area contributed by atoms with Gasteiger partial charge in [0.05, 0.1) is 0 Å². The average molecular weight is 113 g/mol. The summed E-state index contributed by atoms with van der Waals surface area (Å²) in [5.74, 6) is 2.34. The third-order valence-corrected chi connectivity index (χ3v) is 0.700. The van der Waals surface area contributed by atoms with Gasteiger partial charge in [-0.2, -0.15) is 0 Å². The fraction of sp³-hybridized carbons (Fsp3) is 0.600. The normalized spacial score (nSPS) is 7.62. The third-order valence-electron chi connectivity index (χ3n) is 0.700. The van der Waals surface area contributed by atoms with Gasteiger partial charge in [-0.05, 0) is 6.42 Å². The molecular weight excluding hydrogens is 102 g/mol. The molecule has 3 heteroatoms. The summed E-state index contributed by atoms with van der Waals surface area (Å²) in [5, 5.41) is 9.29. The topological polar surface area (TPSA) is 61.9 Å².